The van der Waals surface area contributed by atoms with Crippen LogP contribution in [0.25, 0.3) is 5.69 Å². The Morgan fingerprint density at radius 1 is 1.06 bits per heavy atom. The fourth-order valence-corrected chi connectivity index (χ4v) is 3.71. The molecule has 0 bridgehead atoms. The molecule has 164 valence electrons. The molecule has 0 atom stereocenters. The maximum Gasteiger partial charge on any atom is 0.271 e. The van der Waals surface area contributed by atoms with Crippen LogP contribution in [0.15, 0.2) is 60.8 Å². The topological polar surface area (TPSA) is 110 Å². The first-order chi connectivity index (χ1) is 15.5. The Morgan fingerprint density at radius 2 is 1.81 bits per heavy atom. The van der Waals surface area contributed by atoms with Gasteiger partial charge in [-0.05, 0) is 42.2 Å². The van der Waals surface area contributed by atoms with Crippen molar-refractivity contribution in [2.24, 2.45) is 0 Å². The van der Waals surface area contributed by atoms with Crippen LogP contribution in [-0.2, 0) is 17.8 Å². The Hall–Kier alpha value is -4.01. The van der Waals surface area contributed by atoms with E-state index in [4.69, 9.17) is 0 Å². The minimum atomic E-state index is -0.472. The number of hydrogen-bond acceptors (Lipinski definition) is 5. The number of nitrogens with one attached hydrogen (secondary N) is 1. The van der Waals surface area contributed by atoms with Crippen LogP contribution >= 0.6 is 0 Å². The summed E-state index contributed by atoms with van der Waals surface area (Å²) in [5.41, 5.74) is 3.34. The summed E-state index contributed by atoms with van der Waals surface area (Å²) >= 11 is 0. The number of rotatable bonds is 7. The molecule has 9 nitrogen and oxygen atoms in total. The maximum atomic E-state index is 12.5. The summed E-state index contributed by atoms with van der Waals surface area (Å²) in [6.07, 6.45) is 3.41. The van der Waals surface area contributed by atoms with Gasteiger partial charge in [-0.15, -0.1) is 0 Å². The van der Waals surface area contributed by atoms with Crippen LogP contribution in [0.1, 0.15) is 34.5 Å². The summed E-state index contributed by atoms with van der Waals surface area (Å²) in [5.74, 6) is -0.235. The number of fused-ring (bicyclic) bond motifs is 1. The molecule has 1 N–H and O–H groups in total. The van der Waals surface area contributed by atoms with Crippen LogP contribution in [0.5, 0.6) is 0 Å². The number of benzene rings is 2. The van der Waals surface area contributed by atoms with Crippen LogP contribution in [0, 0.1) is 10.1 Å². The standard InChI is InChI=1S/C23H23N5O4/c29-22(26-14-11-17-4-1-2-5-18(17)16-26)6-3-13-24-23(30)21-12-15-27(25-21)19-7-9-20(10-8-19)28(31)32/h1-2,4-5,7-10,12,15H,3,6,11,13-14,16H2,(H,24,30). The molecule has 0 unspecified atom stereocenters. The highest BCUT2D eigenvalue weighted by molar-refractivity contribution is 5.92. The van der Waals surface area contributed by atoms with Gasteiger partial charge in [0.05, 0.1) is 10.6 Å². The van der Waals surface area contributed by atoms with Crippen molar-refractivity contribution in [3.05, 3.63) is 87.7 Å². The van der Waals surface area contributed by atoms with Crippen LogP contribution in [0.2, 0.25) is 0 Å². The van der Waals surface area contributed by atoms with E-state index >= 15 is 0 Å². The summed E-state index contributed by atoms with van der Waals surface area (Å²) in [4.78, 5) is 37.0. The molecule has 0 spiro atoms. The fraction of sp³-hybridized carbons (Fsp3) is 0.261. The van der Waals surface area contributed by atoms with Crippen molar-refractivity contribution in [3.63, 3.8) is 0 Å². The van der Waals surface area contributed by atoms with Gasteiger partial charge < -0.3 is 10.2 Å². The zero-order valence-electron chi connectivity index (χ0n) is 17.4. The second-order valence-electron chi connectivity index (χ2n) is 7.61. The van der Waals surface area contributed by atoms with Gasteiger partial charge in [-0.25, -0.2) is 4.68 Å². The molecule has 1 aliphatic rings. The number of amides is 2. The number of carbonyl (C=O) groups excluding carboxylic acids is 2. The third-order valence-electron chi connectivity index (χ3n) is 5.48. The summed E-state index contributed by atoms with van der Waals surface area (Å²) in [6.45, 7) is 1.74. The first-order valence-corrected chi connectivity index (χ1v) is 10.4. The van der Waals surface area contributed by atoms with Crippen LogP contribution < -0.4 is 5.32 Å². The van der Waals surface area contributed by atoms with Crippen molar-refractivity contribution in [1.29, 1.82) is 0 Å². The molecule has 1 aliphatic heterocycles. The second-order valence-corrected chi connectivity index (χ2v) is 7.61. The number of nitro benzene ring substituents is 1. The van der Waals surface area contributed by atoms with Gasteiger partial charge in [0, 0.05) is 44.4 Å². The number of hydrogen-bond donors (Lipinski definition) is 1. The lowest BCUT2D eigenvalue weighted by Gasteiger charge is -2.29. The van der Waals surface area contributed by atoms with Gasteiger partial charge in [0.15, 0.2) is 5.69 Å². The Balaban J connectivity index is 1.23. The fourth-order valence-electron chi connectivity index (χ4n) is 3.71. The smallest absolute Gasteiger partial charge is 0.271 e. The molecule has 0 radical (unpaired) electrons. The Bertz CT molecular complexity index is 1140. The molecular formula is C23H23N5O4. The highest BCUT2D eigenvalue weighted by Crippen LogP contribution is 2.19. The molecule has 0 saturated heterocycles. The molecule has 0 aliphatic carbocycles. The Morgan fingerprint density at radius 3 is 2.56 bits per heavy atom. The molecule has 32 heavy (non-hydrogen) atoms. The van der Waals surface area contributed by atoms with E-state index in [1.807, 2.05) is 17.0 Å². The van der Waals surface area contributed by atoms with Crippen molar-refractivity contribution in [3.8, 4) is 5.69 Å². The average molecular weight is 433 g/mol. The van der Waals surface area contributed by atoms with E-state index in [0.717, 1.165) is 13.0 Å². The van der Waals surface area contributed by atoms with Gasteiger partial charge >= 0.3 is 0 Å². The molecule has 2 amide bonds. The predicted octanol–water partition coefficient (Wildman–Crippen LogP) is 2.88. The minimum absolute atomic E-state index is 0.0119. The Labute approximate surface area is 184 Å². The predicted molar refractivity (Wildman–Crippen MR) is 117 cm³/mol. The SMILES string of the molecule is O=C(NCCCC(=O)N1CCc2ccccc2C1)c1ccn(-c2ccc([N+](=O)[O-])cc2)n1. The monoisotopic (exact) mass is 433 g/mol. The summed E-state index contributed by atoms with van der Waals surface area (Å²) in [5, 5.41) is 17.8. The molecular weight excluding hydrogens is 410 g/mol. The van der Waals surface area contributed by atoms with E-state index in [2.05, 4.69) is 22.5 Å². The van der Waals surface area contributed by atoms with E-state index in [1.54, 1.807) is 24.4 Å². The van der Waals surface area contributed by atoms with E-state index in [1.165, 1.54) is 27.9 Å². The van der Waals surface area contributed by atoms with Crippen LogP contribution in [0.3, 0.4) is 0 Å². The zero-order valence-corrected chi connectivity index (χ0v) is 17.4. The number of nitrogens with zero attached hydrogens (tertiary/aromatic N) is 4. The van der Waals surface area contributed by atoms with Crippen LogP contribution in [0.4, 0.5) is 5.69 Å². The van der Waals surface area contributed by atoms with Crippen molar-refractivity contribution >= 4 is 17.5 Å². The maximum absolute atomic E-state index is 12.5. The molecule has 1 aromatic heterocycles. The van der Waals surface area contributed by atoms with Crippen LogP contribution in [-0.4, -0.2) is 44.5 Å². The first kappa shape index (κ1) is 21.2. The number of carbonyl (C=O) groups is 2. The molecule has 2 heterocycles. The third kappa shape index (κ3) is 4.83. The largest absolute Gasteiger partial charge is 0.351 e. The summed E-state index contributed by atoms with van der Waals surface area (Å²) in [7, 11) is 0. The molecule has 0 fully saturated rings. The number of aromatic nitrogens is 2. The molecule has 3 aromatic rings. The molecule has 4 rings (SSSR count). The van der Waals surface area contributed by atoms with E-state index in [-0.39, 0.29) is 23.2 Å². The molecule has 2 aromatic carbocycles. The summed E-state index contributed by atoms with van der Waals surface area (Å²) < 4.78 is 1.48. The van der Waals surface area contributed by atoms with Gasteiger partial charge in [0.1, 0.15) is 0 Å². The van der Waals surface area contributed by atoms with Gasteiger partial charge in [0.25, 0.3) is 11.6 Å². The summed E-state index contributed by atoms with van der Waals surface area (Å²) in [6, 6.07) is 15.7. The highest BCUT2D eigenvalue weighted by Gasteiger charge is 2.20. The molecule has 0 saturated carbocycles. The zero-order chi connectivity index (χ0) is 22.5. The first-order valence-electron chi connectivity index (χ1n) is 10.4. The minimum Gasteiger partial charge on any atom is -0.351 e. The lowest BCUT2D eigenvalue weighted by molar-refractivity contribution is -0.384. The van der Waals surface area contributed by atoms with E-state index < -0.39 is 4.92 Å². The quantitative estimate of drug-likeness (QED) is 0.350. The lowest BCUT2D eigenvalue weighted by atomic mass is 9.99. The highest BCUT2D eigenvalue weighted by atomic mass is 16.6. The molecule has 9 heteroatoms. The third-order valence-corrected chi connectivity index (χ3v) is 5.48. The van der Waals surface area contributed by atoms with Crippen molar-refractivity contribution in [2.75, 3.05) is 13.1 Å². The van der Waals surface area contributed by atoms with Gasteiger partial charge in [-0.2, -0.15) is 5.10 Å². The van der Waals surface area contributed by atoms with E-state index in [9.17, 15) is 19.7 Å². The Kier molecular flexibility index (Phi) is 6.25. The normalized spacial score (nSPS) is 12.8. The number of nitro groups is 1. The van der Waals surface area contributed by atoms with Gasteiger partial charge in [0.2, 0.25) is 5.91 Å². The van der Waals surface area contributed by atoms with Crippen molar-refractivity contribution < 1.29 is 14.5 Å². The number of non-ortho nitro benzene ring substituents is 1. The van der Waals surface area contributed by atoms with E-state index in [0.29, 0.717) is 31.6 Å². The lowest BCUT2D eigenvalue weighted by Crippen LogP contribution is -2.36. The van der Waals surface area contributed by atoms with Crippen molar-refractivity contribution in [2.45, 2.75) is 25.8 Å². The second kappa shape index (κ2) is 9.42. The van der Waals surface area contributed by atoms with Gasteiger partial charge in [-0.3, -0.25) is 19.7 Å². The average Bonchev–Trinajstić information content (AvgIpc) is 3.32. The van der Waals surface area contributed by atoms with Crippen molar-refractivity contribution in [1.82, 2.24) is 20.0 Å². The van der Waals surface area contributed by atoms with Gasteiger partial charge in [-0.1, -0.05) is 24.3 Å².